The van der Waals surface area contributed by atoms with Crippen LogP contribution >= 0.6 is 0 Å². The number of carbonyl (C=O) groups excluding carboxylic acids is 2. The van der Waals surface area contributed by atoms with Crippen LogP contribution in [0.1, 0.15) is 50.0 Å². The van der Waals surface area contributed by atoms with Crippen molar-refractivity contribution in [2.75, 3.05) is 6.54 Å². The topological polar surface area (TPSA) is 72.6 Å². The number of ether oxygens (including phenoxy) is 1. The first-order chi connectivity index (χ1) is 13.6. The van der Waals surface area contributed by atoms with Crippen molar-refractivity contribution >= 4 is 11.9 Å². The first-order valence-corrected chi connectivity index (χ1v) is 10.2. The van der Waals surface area contributed by atoms with Crippen molar-refractivity contribution in [3.8, 4) is 11.5 Å². The Bertz CT molecular complexity index is 899. The molecular formula is C22H24N2O4. The molecule has 1 spiro atoms. The van der Waals surface area contributed by atoms with E-state index >= 15 is 0 Å². The van der Waals surface area contributed by atoms with Crippen LogP contribution < -0.4 is 0 Å². The maximum Gasteiger partial charge on any atom is 0.307 e. The number of oxazole rings is 1. The molecule has 1 aromatic heterocycles. The SMILES string of the molecule is O=C1CC(C(=O)N2CCc3oc(-c4ccccc4)nc3C2)C2(CCCCC2)O1. The zero-order valence-corrected chi connectivity index (χ0v) is 15.9. The minimum absolute atomic E-state index is 0.0302. The van der Waals surface area contributed by atoms with Gasteiger partial charge in [-0.3, -0.25) is 9.59 Å². The summed E-state index contributed by atoms with van der Waals surface area (Å²) < 4.78 is 11.7. The number of nitrogens with zero attached hydrogens (tertiary/aromatic N) is 2. The van der Waals surface area contributed by atoms with Gasteiger partial charge in [-0.15, -0.1) is 0 Å². The second kappa shape index (κ2) is 6.76. The zero-order chi connectivity index (χ0) is 19.1. The lowest BCUT2D eigenvalue weighted by atomic mass is 9.75. The van der Waals surface area contributed by atoms with E-state index in [4.69, 9.17) is 9.15 Å². The maximum atomic E-state index is 13.3. The van der Waals surface area contributed by atoms with Gasteiger partial charge in [0.05, 0.1) is 18.9 Å². The Balaban J connectivity index is 1.36. The van der Waals surface area contributed by atoms with Gasteiger partial charge in [0.25, 0.3) is 0 Å². The van der Waals surface area contributed by atoms with Gasteiger partial charge >= 0.3 is 5.97 Å². The molecule has 2 fully saturated rings. The Morgan fingerprint density at radius 2 is 1.93 bits per heavy atom. The highest BCUT2D eigenvalue weighted by Gasteiger charge is 2.54. The van der Waals surface area contributed by atoms with Crippen LogP contribution in [-0.4, -0.2) is 33.9 Å². The number of hydrogen-bond acceptors (Lipinski definition) is 5. The third-order valence-corrected chi connectivity index (χ3v) is 6.38. The van der Waals surface area contributed by atoms with Crippen LogP contribution in [0.4, 0.5) is 0 Å². The normalized spacial score (nSPS) is 23.5. The van der Waals surface area contributed by atoms with Crippen LogP contribution in [0.3, 0.4) is 0 Å². The molecule has 1 amide bonds. The number of amides is 1. The Kier molecular flexibility index (Phi) is 4.22. The van der Waals surface area contributed by atoms with Crippen molar-refractivity contribution in [3.63, 3.8) is 0 Å². The van der Waals surface area contributed by atoms with E-state index in [0.717, 1.165) is 49.1 Å². The fraction of sp³-hybridized carbons (Fsp3) is 0.500. The Hall–Kier alpha value is -2.63. The van der Waals surface area contributed by atoms with Gasteiger partial charge in [0.2, 0.25) is 11.8 Å². The predicted molar refractivity (Wildman–Crippen MR) is 101 cm³/mol. The Morgan fingerprint density at radius 3 is 2.71 bits per heavy atom. The summed E-state index contributed by atoms with van der Waals surface area (Å²) in [5, 5.41) is 0. The molecule has 3 aliphatic rings. The first-order valence-electron chi connectivity index (χ1n) is 10.2. The summed E-state index contributed by atoms with van der Waals surface area (Å²) in [4.78, 5) is 31.9. The monoisotopic (exact) mass is 380 g/mol. The summed E-state index contributed by atoms with van der Waals surface area (Å²) >= 11 is 0. The van der Waals surface area contributed by atoms with Gasteiger partial charge < -0.3 is 14.1 Å². The maximum absolute atomic E-state index is 13.3. The highest BCUT2D eigenvalue weighted by molar-refractivity contribution is 5.88. The average molecular weight is 380 g/mol. The lowest BCUT2D eigenvalue weighted by Crippen LogP contribution is -2.48. The minimum Gasteiger partial charge on any atom is -0.458 e. The number of hydrogen-bond donors (Lipinski definition) is 0. The van der Waals surface area contributed by atoms with Crippen molar-refractivity contribution in [3.05, 3.63) is 41.8 Å². The molecule has 1 saturated heterocycles. The number of benzene rings is 1. The van der Waals surface area contributed by atoms with Gasteiger partial charge in [-0.1, -0.05) is 24.6 Å². The average Bonchev–Trinajstić information content (AvgIpc) is 3.29. The molecular weight excluding hydrogens is 356 g/mol. The van der Waals surface area contributed by atoms with Crippen LogP contribution in [0.2, 0.25) is 0 Å². The van der Waals surface area contributed by atoms with Crippen molar-refractivity contribution in [1.29, 1.82) is 0 Å². The predicted octanol–water partition coefficient (Wildman–Crippen LogP) is 3.49. The standard InChI is InChI=1S/C22H24N2O4/c25-19-13-16(22(28-19)10-5-2-6-11-22)21(26)24-12-9-18-17(14-24)23-20(27-18)15-7-3-1-4-8-15/h1,3-4,7-8,16H,2,5-6,9-14H2. The van der Waals surface area contributed by atoms with Gasteiger partial charge in [-0.2, -0.15) is 0 Å². The number of aromatic nitrogens is 1. The van der Waals surface area contributed by atoms with Crippen LogP contribution in [-0.2, 0) is 27.3 Å². The van der Waals surface area contributed by atoms with Crippen molar-refractivity contribution in [2.45, 2.75) is 57.1 Å². The first kappa shape index (κ1) is 17.5. The highest BCUT2D eigenvalue weighted by atomic mass is 16.6. The van der Waals surface area contributed by atoms with Gasteiger partial charge in [0, 0.05) is 18.5 Å². The number of fused-ring (bicyclic) bond motifs is 1. The van der Waals surface area contributed by atoms with Gasteiger partial charge in [0.15, 0.2) is 0 Å². The fourth-order valence-electron chi connectivity index (χ4n) is 4.92. The summed E-state index contributed by atoms with van der Waals surface area (Å²) in [6.07, 6.45) is 5.64. The highest BCUT2D eigenvalue weighted by Crippen LogP contribution is 2.45. The molecule has 1 aromatic carbocycles. The zero-order valence-electron chi connectivity index (χ0n) is 15.9. The van der Waals surface area contributed by atoms with Crippen molar-refractivity contribution in [1.82, 2.24) is 9.88 Å². The van der Waals surface area contributed by atoms with Gasteiger partial charge in [0.1, 0.15) is 17.1 Å². The van der Waals surface area contributed by atoms with Crippen molar-refractivity contribution < 1.29 is 18.7 Å². The van der Waals surface area contributed by atoms with Crippen LogP contribution in [0.15, 0.2) is 34.7 Å². The smallest absolute Gasteiger partial charge is 0.307 e. The van der Waals surface area contributed by atoms with E-state index < -0.39 is 5.60 Å². The van der Waals surface area contributed by atoms with E-state index in [9.17, 15) is 9.59 Å². The molecule has 5 rings (SSSR count). The molecule has 2 aliphatic heterocycles. The molecule has 28 heavy (non-hydrogen) atoms. The lowest BCUT2D eigenvalue weighted by molar-refractivity contribution is -0.156. The van der Waals surface area contributed by atoms with E-state index in [0.29, 0.717) is 25.4 Å². The number of esters is 1. The lowest BCUT2D eigenvalue weighted by Gasteiger charge is -2.38. The molecule has 6 heteroatoms. The van der Waals surface area contributed by atoms with Crippen LogP contribution in [0.5, 0.6) is 0 Å². The Labute approximate surface area is 163 Å². The second-order valence-corrected chi connectivity index (χ2v) is 8.12. The second-order valence-electron chi connectivity index (χ2n) is 8.12. The summed E-state index contributed by atoms with van der Waals surface area (Å²) in [6, 6.07) is 9.80. The van der Waals surface area contributed by atoms with Crippen LogP contribution in [0, 0.1) is 5.92 Å². The molecule has 146 valence electrons. The van der Waals surface area contributed by atoms with E-state index in [1.807, 2.05) is 35.2 Å². The summed E-state index contributed by atoms with van der Waals surface area (Å²) in [6.45, 7) is 1.03. The van der Waals surface area contributed by atoms with Gasteiger partial charge in [-0.05, 0) is 37.8 Å². The molecule has 1 unspecified atom stereocenters. The van der Waals surface area contributed by atoms with E-state index in [2.05, 4.69) is 4.98 Å². The van der Waals surface area contributed by atoms with E-state index in [1.54, 1.807) is 0 Å². The minimum atomic E-state index is -0.578. The van der Waals surface area contributed by atoms with Crippen LogP contribution in [0.25, 0.3) is 11.5 Å². The number of carbonyl (C=O) groups is 2. The quantitative estimate of drug-likeness (QED) is 0.746. The summed E-state index contributed by atoms with van der Waals surface area (Å²) in [5.74, 6) is 0.896. The molecule has 0 radical (unpaired) electrons. The fourth-order valence-corrected chi connectivity index (χ4v) is 4.92. The summed E-state index contributed by atoms with van der Waals surface area (Å²) in [7, 11) is 0. The number of rotatable bonds is 2. The van der Waals surface area contributed by atoms with E-state index in [-0.39, 0.29) is 24.2 Å². The molecule has 1 aliphatic carbocycles. The molecule has 6 nitrogen and oxygen atoms in total. The third kappa shape index (κ3) is 2.91. The van der Waals surface area contributed by atoms with Crippen molar-refractivity contribution in [2.24, 2.45) is 5.92 Å². The van der Waals surface area contributed by atoms with E-state index in [1.165, 1.54) is 0 Å². The largest absolute Gasteiger partial charge is 0.458 e. The van der Waals surface area contributed by atoms with Gasteiger partial charge in [-0.25, -0.2) is 4.98 Å². The third-order valence-electron chi connectivity index (χ3n) is 6.38. The molecule has 3 heterocycles. The molecule has 0 bridgehead atoms. The summed E-state index contributed by atoms with van der Waals surface area (Å²) in [5.41, 5.74) is 1.18. The molecule has 1 atom stereocenters. The molecule has 0 N–H and O–H groups in total. The Morgan fingerprint density at radius 1 is 1.14 bits per heavy atom. The molecule has 1 saturated carbocycles. The molecule has 2 aromatic rings.